The van der Waals surface area contributed by atoms with Crippen molar-refractivity contribution in [3.8, 4) is 0 Å². The van der Waals surface area contributed by atoms with Gasteiger partial charge in [-0.05, 0) is 6.42 Å². The topological polar surface area (TPSA) is 68.8 Å². The van der Waals surface area contributed by atoms with Gasteiger partial charge in [0.25, 0.3) is 0 Å². The lowest BCUT2D eigenvalue weighted by molar-refractivity contribution is 0.450. The summed E-state index contributed by atoms with van der Waals surface area (Å²) in [6.07, 6.45) is 15.0. The van der Waals surface area contributed by atoms with Gasteiger partial charge in [-0.3, -0.25) is 16.0 Å². The first-order chi connectivity index (χ1) is 9.79. The number of hydrogen-bond acceptors (Lipinski definition) is 4. The van der Waals surface area contributed by atoms with Gasteiger partial charge in [-0.25, -0.2) is 0 Å². The molecule has 0 aliphatic heterocycles. The van der Waals surface area contributed by atoms with Crippen molar-refractivity contribution in [2.24, 2.45) is 12.9 Å². The van der Waals surface area contributed by atoms with Gasteiger partial charge in [0, 0.05) is 7.05 Å². The zero-order valence-electron chi connectivity index (χ0n) is 13.1. The summed E-state index contributed by atoms with van der Waals surface area (Å²) >= 11 is 0. The second-order valence-corrected chi connectivity index (χ2v) is 5.62. The predicted molar refractivity (Wildman–Crippen MR) is 82.9 cm³/mol. The summed E-state index contributed by atoms with van der Waals surface area (Å²) in [6, 6.07) is 0.166. The Hall–Kier alpha value is -0.940. The number of hydrazine groups is 1. The molecule has 0 spiro atoms. The monoisotopic (exact) mass is 281 g/mol. The van der Waals surface area contributed by atoms with Crippen LogP contribution in [0.15, 0.2) is 6.20 Å². The van der Waals surface area contributed by atoms with E-state index in [-0.39, 0.29) is 6.04 Å². The SMILES string of the molecule is CCCCCCCCCCCC(NN)c1cnnn1C. The van der Waals surface area contributed by atoms with Gasteiger partial charge in [-0.1, -0.05) is 69.9 Å². The van der Waals surface area contributed by atoms with Crippen molar-refractivity contribution in [1.29, 1.82) is 0 Å². The minimum Gasteiger partial charge on any atom is -0.271 e. The highest BCUT2D eigenvalue weighted by molar-refractivity contribution is 5.00. The number of rotatable bonds is 12. The van der Waals surface area contributed by atoms with Crippen LogP contribution < -0.4 is 11.3 Å². The lowest BCUT2D eigenvalue weighted by Crippen LogP contribution is -2.29. The van der Waals surface area contributed by atoms with Crippen LogP contribution in [-0.2, 0) is 7.05 Å². The molecule has 0 amide bonds. The largest absolute Gasteiger partial charge is 0.271 e. The fraction of sp³-hybridized carbons (Fsp3) is 0.867. The highest BCUT2D eigenvalue weighted by Crippen LogP contribution is 2.18. The average Bonchev–Trinajstić information content (AvgIpc) is 2.87. The Morgan fingerprint density at radius 2 is 1.70 bits per heavy atom. The Balaban J connectivity index is 2.04. The van der Waals surface area contributed by atoms with Gasteiger partial charge in [0.15, 0.2) is 0 Å². The molecule has 1 aromatic rings. The molecule has 0 aliphatic carbocycles. The summed E-state index contributed by atoms with van der Waals surface area (Å²) < 4.78 is 1.79. The maximum absolute atomic E-state index is 5.62. The summed E-state index contributed by atoms with van der Waals surface area (Å²) in [5.74, 6) is 5.62. The molecular formula is C15H31N5. The first-order valence-corrected chi connectivity index (χ1v) is 8.10. The van der Waals surface area contributed by atoms with Crippen LogP contribution in [0.3, 0.4) is 0 Å². The number of aromatic nitrogens is 3. The Kier molecular flexibility index (Phi) is 9.24. The fourth-order valence-electron chi connectivity index (χ4n) is 2.59. The van der Waals surface area contributed by atoms with Crippen molar-refractivity contribution in [2.75, 3.05) is 0 Å². The minimum atomic E-state index is 0.166. The van der Waals surface area contributed by atoms with E-state index in [4.69, 9.17) is 5.84 Å². The van der Waals surface area contributed by atoms with Crippen molar-refractivity contribution in [3.63, 3.8) is 0 Å². The van der Waals surface area contributed by atoms with Crippen LogP contribution in [0.4, 0.5) is 0 Å². The quantitative estimate of drug-likeness (QED) is 0.350. The number of hydrogen-bond donors (Lipinski definition) is 2. The van der Waals surface area contributed by atoms with Crippen LogP contribution in [0.25, 0.3) is 0 Å². The number of unbranched alkanes of at least 4 members (excludes halogenated alkanes) is 8. The van der Waals surface area contributed by atoms with Gasteiger partial charge < -0.3 is 0 Å². The standard InChI is InChI=1S/C15H31N5/c1-3-4-5-6-7-8-9-10-11-12-14(18-16)15-13-17-19-20(15)2/h13-14,18H,3-12,16H2,1-2H3. The van der Waals surface area contributed by atoms with Gasteiger partial charge in [-0.2, -0.15) is 0 Å². The van der Waals surface area contributed by atoms with Crippen LogP contribution in [0.5, 0.6) is 0 Å². The third kappa shape index (κ3) is 6.48. The van der Waals surface area contributed by atoms with E-state index < -0.39 is 0 Å². The molecule has 20 heavy (non-hydrogen) atoms. The first kappa shape index (κ1) is 17.1. The lowest BCUT2D eigenvalue weighted by Gasteiger charge is -2.15. The van der Waals surface area contributed by atoms with E-state index in [1.807, 2.05) is 7.05 Å². The molecule has 1 atom stereocenters. The number of nitrogens with two attached hydrogens (primary N) is 1. The third-order valence-corrected chi connectivity index (χ3v) is 3.90. The second kappa shape index (κ2) is 10.8. The molecule has 1 rings (SSSR count). The number of aryl methyl sites for hydroxylation is 1. The number of nitrogens with zero attached hydrogens (tertiary/aromatic N) is 3. The molecule has 1 unspecified atom stereocenters. The Morgan fingerprint density at radius 1 is 1.10 bits per heavy atom. The van der Waals surface area contributed by atoms with Crippen molar-refractivity contribution < 1.29 is 0 Å². The molecule has 0 bridgehead atoms. The van der Waals surface area contributed by atoms with E-state index >= 15 is 0 Å². The van der Waals surface area contributed by atoms with Crippen molar-refractivity contribution in [3.05, 3.63) is 11.9 Å². The van der Waals surface area contributed by atoms with E-state index in [2.05, 4.69) is 22.7 Å². The van der Waals surface area contributed by atoms with E-state index in [9.17, 15) is 0 Å². The molecular weight excluding hydrogens is 250 g/mol. The molecule has 3 N–H and O–H groups in total. The maximum atomic E-state index is 5.62. The molecule has 0 aromatic carbocycles. The summed E-state index contributed by atoms with van der Waals surface area (Å²) in [5.41, 5.74) is 3.93. The van der Waals surface area contributed by atoms with E-state index in [0.717, 1.165) is 12.1 Å². The highest BCUT2D eigenvalue weighted by Gasteiger charge is 2.13. The molecule has 5 heteroatoms. The van der Waals surface area contributed by atoms with Gasteiger partial charge >= 0.3 is 0 Å². The van der Waals surface area contributed by atoms with Crippen LogP contribution in [0.1, 0.15) is 82.9 Å². The molecule has 116 valence electrons. The molecule has 0 aliphatic rings. The summed E-state index contributed by atoms with van der Waals surface area (Å²) in [4.78, 5) is 0. The van der Waals surface area contributed by atoms with E-state index in [0.29, 0.717) is 0 Å². The van der Waals surface area contributed by atoms with Gasteiger partial charge in [0.2, 0.25) is 0 Å². The molecule has 0 saturated heterocycles. The fourth-order valence-corrected chi connectivity index (χ4v) is 2.59. The summed E-state index contributed by atoms with van der Waals surface area (Å²) in [6.45, 7) is 2.26. The Labute approximate surface area is 123 Å². The normalized spacial score (nSPS) is 12.8. The molecule has 1 aromatic heterocycles. The average molecular weight is 281 g/mol. The molecule has 0 radical (unpaired) electrons. The molecule has 0 fully saturated rings. The predicted octanol–water partition coefficient (Wildman–Crippen LogP) is 3.24. The van der Waals surface area contributed by atoms with Crippen LogP contribution >= 0.6 is 0 Å². The maximum Gasteiger partial charge on any atom is 0.0766 e. The summed E-state index contributed by atoms with van der Waals surface area (Å²) in [5, 5.41) is 7.85. The van der Waals surface area contributed by atoms with Crippen LogP contribution in [0, 0.1) is 0 Å². The highest BCUT2D eigenvalue weighted by atomic mass is 15.4. The smallest absolute Gasteiger partial charge is 0.0766 e. The number of nitrogens with one attached hydrogen (secondary N) is 1. The van der Waals surface area contributed by atoms with Crippen molar-refractivity contribution >= 4 is 0 Å². The van der Waals surface area contributed by atoms with Gasteiger partial charge in [0.1, 0.15) is 0 Å². The lowest BCUT2D eigenvalue weighted by atomic mass is 10.0. The Bertz CT molecular complexity index is 337. The zero-order chi connectivity index (χ0) is 14.6. The third-order valence-electron chi connectivity index (χ3n) is 3.90. The first-order valence-electron chi connectivity index (χ1n) is 8.10. The van der Waals surface area contributed by atoms with Crippen LogP contribution in [0.2, 0.25) is 0 Å². The molecule has 5 nitrogen and oxygen atoms in total. The van der Waals surface area contributed by atoms with Crippen LogP contribution in [-0.4, -0.2) is 15.0 Å². The van der Waals surface area contributed by atoms with Gasteiger partial charge in [0.05, 0.1) is 17.9 Å². The zero-order valence-corrected chi connectivity index (χ0v) is 13.1. The summed E-state index contributed by atoms with van der Waals surface area (Å²) in [7, 11) is 1.91. The minimum absolute atomic E-state index is 0.166. The Morgan fingerprint density at radius 3 is 2.20 bits per heavy atom. The molecule has 0 saturated carbocycles. The molecule has 1 heterocycles. The van der Waals surface area contributed by atoms with E-state index in [1.54, 1.807) is 10.9 Å². The second-order valence-electron chi connectivity index (χ2n) is 5.62. The van der Waals surface area contributed by atoms with Crippen molar-refractivity contribution in [2.45, 2.75) is 77.2 Å². The van der Waals surface area contributed by atoms with Crippen molar-refractivity contribution in [1.82, 2.24) is 20.4 Å². The van der Waals surface area contributed by atoms with Gasteiger partial charge in [-0.15, -0.1) is 5.10 Å². The van der Waals surface area contributed by atoms with E-state index in [1.165, 1.54) is 57.8 Å².